The summed E-state index contributed by atoms with van der Waals surface area (Å²) in [7, 11) is 0. The average molecular weight is 244 g/mol. The van der Waals surface area contributed by atoms with Gasteiger partial charge in [-0.25, -0.2) is 0 Å². The molecule has 0 aliphatic heterocycles. The number of rotatable bonds is 2. The van der Waals surface area contributed by atoms with Crippen LogP contribution in [-0.4, -0.2) is 27.2 Å². The number of aliphatic hydroxyl groups is 1. The van der Waals surface area contributed by atoms with E-state index in [1.807, 2.05) is 0 Å². The molecule has 7 heteroatoms. The molecule has 2 atom stereocenters. The minimum Gasteiger partial charge on any atom is -0.393 e. The van der Waals surface area contributed by atoms with Crippen molar-refractivity contribution in [2.24, 2.45) is 0 Å². The van der Waals surface area contributed by atoms with Crippen LogP contribution in [0, 0.1) is 0 Å². The van der Waals surface area contributed by atoms with Gasteiger partial charge in [-0.2, -0.15) is 9.97 Å². The van der Waals surface area contributed by atoms with E-state index in [2.05, 4.69) is 15.3 Å². The van der Waals surface area contributed by atoms with Gasteiger partial charge in [-0.1, -0.05) is 11.6 Å². The summed E-state index contributed by atoms with van der Waals surface area (Å²) in [6, 6.07) is -0.0485. The molecule has 0 radical (unpaired) electrons. The van der Waals surface area contributed by atoms with Crippen molar-refractivity contribution < 1.29 is 5.11 Å². The van der Waals surface area contributed by atoms with Crippen LogP contribution in [-0.2, 0) is 0 Å². The summed E-state index contributed by atoms with van der Waals surface area (Å²) in [6.07, 6.45) is 2.26. The standard InChI is InChI=1S/C9H14ClN5O/c10-7-6(11)8(15-9(12)14-7)13-4-2-1-3-5(4)16/h4-5,16H,1-3,11H2,(H3,12,13,14,15)/t4-,5-/m1/s1. The fraction of sp³-hybridized carbons (Fsp3) is 0.556. The van der Waals surface area contributed by atoms with Crippen LogP contribution in [0.25, 0.3) is 0 Å². The van der Waals surface area contributed by atoms with Gasteiger partial charge >= 0.3 is 0 Å². The van der Waals surface area contributed by atoms with Gasteiger partial charge in [0.25, 0.3) is 0 Å². The van der Waals surface area contributed by atoms with E-state index in [0.29, 0.717) is 5.82 Å². The lowest BCUT2D eigenvalue weighted by Gasteiger charge is -2.18. The zero-order valence-corrected chi connectivity index (χ0v) is 9.41. The first-order valence-corrected chi connectivity index (χ1v) is 5.49. The lowest BCUT2D eigenvalue weighted by molar-refractivity contribution is 0.171. The monoisotopic (exact) mass is 243 g/mol. The van der Waals surface area contributed by atoms with Crippen LogP contribution in [0.5, 0.6) is 0 Å². The molecule has 1 aromatic heterocycles. The largest absolute Gasteiger partial charge is 0.393 e. The summed E-state index contributed by atoms with van der Waals surface area (Å²) in [5.74, 6) is 0.456. The zero-order chi connectivity index (χ0) is 11.7. The first-order valence-electron chi connectivity index (χ1n) is 5.11. The summed E-state index contributed by atoms with van der Waals surface area (Å²) in [4.78, 5) is 7.70. The summed E-state index contributed by atoms with van der Waals surface area (Å²) in [5, 5.41) is 12.8. The van der Waals surface area contributed by atoms with Gasteiger partial charge in [0.1, 0.15) is 5.69 Å². The molecule has 1 fully saturated rings. The first kappa shape index (κ1) is 11.2. The number of anilines is 3. The summed E-state index contributed by atoms with van der Waals surface area (Å²) >= 11 is 5.78. The van der Waals surface area contributed by atoms with Gasteiger partial charge in [0.2, 0.25) is 5.95 Å². The van der Waals surface area contributed by atoms with Crippen molar-refractivity contribution in [3.63, 3.8) is 0 Å². The van der Waals surface area contributed by atoms with E-state index in [-0.39, 0.29) is 28.9 Å². The molecule has 6 N–H and O–H groups in total. The quantitative estimate of drug-likeness (QED) is 0.567. The number of aliphatic hydroxyl groups excluding tert-OH is 1. The van der Waals surface area contributed by atoms with E-state index in [4.69, 9.17) is 23.1 Å². The Hall–Kier alpha value is -1.27. The average Bonchev–Trinajstić information content (AvgIpc) is 2.60. The minimum atomic E-state index is -0.380. The van der Waals surface area contributed by atoms with Gasteiger partial charge in [-0.3, -0.25) is 0 Å². The predicted molar refractivity (Wildman–Crippen MR) is 63.1 cm³/mol. The molecule has 0 aromatic carbocycles. The third kappa shape index (κ3) is 2.12. The molecule has 0 amide bonds. The van der Waals surface area contributed by atoms with Gasteiger partial charge < -0.3 is 21.9 Å². The van der Waals surface area contributed by atoms with Crippen LogP contribution in [0.1, 0.15) is 19.3 Å². The first-order chi connectivity index (χ1) is 7.58. The Morgan fingerprint density at radius 2 is 2.06 bits per heavy atom. The Balaban J connectivity index is 2.20. The molecule has 0 bridgehead atoms. The molecule has 6 nitrogen and oxygen atoms in total. The Labute approximate surface area is 98.0 Å². The second-order valence-electron chi connectivity index (χ2n) is 3.88. The third-order valence-corrected chi connectivity index (χ3v) is 3.01. The lowest BCUT2D eigenvalue weighted by Crippen LogP contribution is -2.29. The molecule has 0 unspecified atom stereocenters. The highest BCUT2D eigenvalue weighted by Gasteiger charge is 2.26. The van der Waals surface area contributed by atoms with Crippen LogP contribution in [0.15, 0.2) is 0 Å². The van der Waals surface area contributed by atoms with Gasteiger partial charge in [0, 0.05) is 0 Å². The van der Waals surface area contributed by atoms with E-state index in [1.165, 1.54) is 0 Å². The molecule has 1 aromatic rings. The van der Waals surface area contributed by atoms with Gasteiger partial charge in [0.15, 0.2) is 11.0 Å². The zero-order valence-electron chi connectivity index (χ0n) is 8.65. The fourth-order valence-corrected chi connectivity index (χ4v) is 2.03. The van der Waals surface area contributed by atoms with Gasteiger partial charge in [-0.05, 0) is 19.3 Å². The molecular formula is C9H14ClN5O. The van der Waals surface area contributed by atoms with Crippen LogP contribution < -0.4 is 16.8 Å². The van der Waals surface area contributed by atoms with Gasteiger partial charge in [-0.15, -0.1) is 0 Å². The van der Waals surface area contributed by atoms with Gasteiger partial charge in [0.05, 0.1) is 12.1 Å². The molecule has 2 rings (SSSR count). The Kier molecular flexibility index (Phi) is 3.02. The SMILES string of the molecule is Nc1nc(Cl)c(N)c(N[C@@H]2CCC[C@H]2O)n1. The van der Waals surface area contributed by atoms with Crippen LogP contribution in [0.3, 0.4) is 0 Å². The second kappa shape index (κ2) is 4.31. The summed E-state index contributed by atoms with van der Waals surface area (Å²) in [6.45, 7) is 0. The highest BCUT2D eigenvalue weighted by atomic mass is 35.5. The van der Waals surface area contributed by atoms with Crippen molar-refractivity contribution in [2.75, 3.05) is 16.8 Å². The van der Waals surface area contributed by atoms with Crippen molar-refractivity contribution in [1.29, 1.82) is 0 Å². The number of halogens is 1. The van der Waals surface area contributed by atoms with Crippen LogP contribution in [0.2, 0.25) is 5.15 Å². The Bertz CT molecular complexity index is 400. The number of nitrogens with one attached hydrogen (secondary N) is 1. The minimum absolute atomic E-state index is 0.0485. The summed E-state index contributed by atoms with van der Waals surface area (Å²) in [5.41, 5.74) is 11.5. The van der Waals surface area contributed by atoms with E-state index in [9.17, 15) is 5.11 Å². The number of nitrogens with two attached hydrogens (primary N) is 2. The van der Waals surface area contributed by atoms with E-state index in [0.717, 1.165) is 19.3 Å². The molecule has 88 valence electrons. The maximum Gasteiger partial charge on any atom is 0.223 e. The van der Waals surface area contributed by atoms with E-state index in [1.54, 1.807) is 0 Å². The number of nitrogens with zero attached hydrogens (tertiary/aromatic N) is 2. The molecule has 1 aliphatic rings. The Morgan fingerprint density at radius 1 is 1.31 bits per heavy atom. The van der Waals surface area contributed by atoms with Crippen molar-refractivity contribution in [3.8, 4) is 0 Å². The smallest absolute Gasteiger partial charge is 0.223 e. The fourth-order valence-electron chi connectivity index (χ4n) is 1.85. The predicted octanol–water partition coefficient (Wildman–Crippen LogP) is 0.620. The van der Waals surface area contributed by atoms with Crippen molar-refractivity contribution >= 4 is 29.1 Å². The summed E-state index contributed by atoms with van der Waals surface area (Å²) < 4.78 is 0. The highest BCUT2D eigenvalue weighted by Crippen LogP contribution is 2.28. The van der Waals surface area contributed by atoms with Crippen molar-refractivity contribution in [2.45, 2.75) is 31.4 Å². The molecule has 0 spiro atoms. The molecule has 1 aliphatic carbocycles. The third-order valence-electron chi connectivity index (χ3n) is 2.72. The Morgan fingerprint density at radius 3 is 2.69 bits per heavy atom. The molecule has 0 saturated heterocycles. The maximum absolute atomic E-state index is 9.67. The van der Waals surface area contributed by atoms with Crippen molar-refractivity contribution in [3.05, 3.63) is 5.15 Å². The number of aromatic nitrogens is 2. The van der Waals surface area contributed by atoms with Crippen LogP contribution in [0.4, 0.5) is 17.5 Å². The van der Waals surface area contributed by atoms with Crippen molar-refractivity contribution in [1.82, 2.24) is 9.97 Å². The van der Waals surface area contributed by atoms with E-state index >= 15 is 0 Å². The molecule has 1 saturated carbocycles. The number of hydrogen-bond donors (Lipinski definition) is 4. The number of nitrogen functional groups attached to an aromatic ring is 2. The maximum atomic E-state index is 9.67. The topological polar surface area (TPSA) is 110 Å². The second-order valence-corrected chi connectivity index (χ2v) is 4.24. The normalized spacial score (nSPS) is 24.6. The number of hydrogen-bond acceptors (Lipinski definition) is 6. The molecular weight excluding hydrogens is 230 g/mol. The highest BCUT2D eigenvalue weighted by molar-refractivity contribution is 6.32. The van der Waals surface area contributed by atoms with Crippen LogP contribution >= 0.6 is 11.6 Å². The lowest BCUT2D eigenvalue weighted by atomic mass is 10.2. The van der Waals surface area contributed by atoms with E-state index < -0.39 is 0 Å². The molecule has 1 heterocycles. The molecule has 16 heavy (non-hydrogen) atoms.